The van der Waals surface area contributed by atoms with Crippen molar-refractivity contribution in [2.24, 2.45) is 5.73 Å². The number of nitrogens with zero attached hydrogens (tertiary/aromatic N) is 1. The van der Waals surface area contributed by atoms with Gasteiger partial charge in [-0.2, -0.15) is 0 Å². The van der Waals surface area contributed by atoms with Crippen LogP contribution in [0.1, 0.15) is 36.4 Å². The second kappa shape index (κ2) is 4.14. The lowest BCUT2D eigenvalue weighted by molar-refractivity contribution is -0.145. The van der Waals surface area contributed by atoms with Gasteiger partial charge in [0.1, 0.15) is 5.41 Å². The molecule has 1 aromatic heterocycles. The zero-order chi connectivity index (χ0) is 11.8. The minimum absolute atomic E-state index is 0.146. The molecule has 1 aliphatic carbocycles. The molecule has 1 fully saturated rings. The number of carboxylic acids is 1. The van der Waals surface area contributed by atoms with Crippen LogP contribution >= 0.6 is 11.3 Å². The number of thiazole rings is 1. The highest BCUT2D eigenvalue weighted by molar-refractivity contribution is 7.09. The lowest BCUT2D eigenvalue weighted by Gasteiger charge is -2.34. The molecule has 0 radical (unpaired) electrons. The summed E-state index contributed by atoms with van der Waals surface area (Å²) >= 11 is 1.51. The normalized spacial score (nSPS) is 30.2. The molecule has 0 unspecified atom stereocenters. The zero-order valence-electron chi connectivity index (χ0n) is 9.27. The smallest absolute Gasteiger partial charge is 0.315 e. The maximum absolute atomic E-state index is 11.5. The number of aromatic nitrogens is 1. The molecule has 0 bridgehead atoms. The van der Waals surface area contributed by atoms with Crippen LogP contribution in [-0.4, -0.2) is 22.1 Å². The summed E-state index contributed by atoms with van der Waals surface area (Å²) < 4.78 is 0. The van der Waals surface area contributed by atoms with Gasteiger partial charge in [0.2, 0.25) is 0 Å². The first-order chi connectivity index (χ1) is 7.54. The molecule has 1 aliphatic rings. The van der Waals surface area contributed by atoms with E-state index in [2.05, 4.69) is 4.98 Å². The summed E-state index contributed by atoms with van der Waals surface area (Å²) in [4.78, 5) is 15.9. The second-order valence-corrected chi connectivity index (χ2v) is 5.54. The van der Waals surface area contributed by atoms with Crippen molar-refractivity contribution in [1.82, 2.24) is 4.98 Å². The SMILES string of the molecule is Cc1nc(C2(C(=O)O)CCC(N)CC2)cs1. The Bertz CT molecular complexity index is 394. The average Bonchev–Trinajstić information content (AvgIpc) is 2.66. The highest BCUT2D eigenvalue weighted by atomic mass is 32.1. The van der Waals surface area contributed by atoms with E-state index in [0.717, 1.165) is 23.5 Å². The summed E-state index contributed by atoms with van der Waals surface area (Å²) in [6, 6.07) is 0.146. The molecule has 1 heterocycles. The van der Waals surface area contributed by atoms with E-state index in [1.54, 1.807) is 0 Å². The van der Waals surface area contributed by atoms with E-state index in [4.69, 9.17) is 5.73 Å². The number of carbonyl (C=O) groups is 1. The second-order valence-electron chi connectivity index (χ2n) is 4.48. The maximum Gasteiger partial charge on any atom is 0.315 e. The van der Waals surface area contributed by atoms with Crippen molar-refractivity contribution < 1.29 is 9.90 Å². The fraction of sp³-hybridized carbons (Fsp3) is 0.636. The fourth-order valence-corrected chi connectivity index (χ4v) is 3.01. The molecule has 0 aromatic carbocycles. The van der Waals surface area contributed by atoms with Crippen molar-refractivity contribution in [1.29, 1.82) is 0 Å². The molecule has 5 heteroatoms. The molecule has 3 N–H and O–H groups in total. The summed E-state index contributed by atoms with van der Waals surface area (Å²) in [6.45, 7) is 1.90. The van der Waals surface area contributed by atoms with Gasteiger partial charge in [0, 0.05) is 11.4 Å². The topological polar surface area (TPSA) is 76.2 Å². The third-order valence-corrected chi connectivity index (χ3v) is 4.18. The van der Waals surface area contributed by atoms with Crippen LogP contribution in [0.2, 0.25) is 0 Å². The Labute approximate surface area is 98.5 Å². The third-order valence-electron chi connectivity index (χ3n) is 3.40. The van der Waals surface area contributed by atoms with E-state index in [1.165, 1.54) is 11.3 Å². The number of aryl methyl sites for hydroxylation is 1. The highest BCUT2D eigenvalue weighted by Gasteiger charge is 2.44. The van der Waals surface area contributed by atoms with Gasteiger partial charge in [-0.05, 0) is 32.6 Å². The molecule has 16 heavy (non-hydrogen) atoms. The summed E-state index contributed by atoms with van der Waals surface area (Å²) in [7, 11) is 0. The number of aliphatic carboxylic acids is 1. The minimum Gasteiger partial charge on any atom is -0.481 e. The minimum atomic E-state index is -0.791. The lowest BCUT2D eigenvalue weighted by Crippen LogP contribution is -2.43. The van der Waals surface area contributed by atoms with E-state index in [9.17, 15) is 9.90 Å². The van der Waals surface area contributed by atoms with E-state index in [1.807, 2.05) is 12.3 Å². The molecule has 1 aromatic rings. The van der Waals surface area contributed by atoms with Crippen LogP contribution in [-0.2, 0) is 10.2 Å². The van der Waals surface area contributed by atoms with E-state index >= 15 is 0 Å². The van der Waals surface area contributed by atoms with Crippen molar-refractivity contribution in [2.45, 2.75) is 44.1 Å². The molecule has 0 spiro atoms. The van der Waals surface area contributed by atoms with E-state index in [0.29, 0.717) is 12.8 Å². The molecule has 4 nitrogen and oxygen atoms in total. The number of hydrogen-bond acceptors (Lipinski definition) is 4. The Kier molecular flexibility index (Phi) is 2.99. The Hall–Kier alpha value is -0.940. The molecular weight excluding hydrogens is 224 g/mol. The van der Waals surface area contributed by atoms with Gasteiger partial charge in [0.05, 0.1) is 10.7 Å². The van der Waals surface area contributed by atoms with Crippen molar-refractivity contribution in [3.05, 3.63) is 16.1 Å². The fourth-order valence-electron chi connectivity index (χ4n) is 2.30. The highest BCUT2D eigenvalue weighted by Crippen LogP contribution is 2.39. The average molecular weight is 240 g/mol. The van der Waals surface area contributed by atoms with E-state index < -0.39 is 11.4 Å². The summed E-state index contributed by atoms with van der Waals surface area (Å²) in [6.07, 6.45) is 2.74. The number of carboxylic acid groups (broad SMARTS) is 1. The molecule has 0 aliphatic heterocycles. The van der Waals surface area contributed by atoms with E-state index in [-0.39, 0.29) is 6.04 Å². The van der Waals surface area contributed by atoms with Gasteiger partial charge < -0.3 is 10.8 Å². The monoisotopic (exact) mass is 240 g/mol. The Balaban J connectivity index is 2.33. The number of hydrogen-bond donors (Lipinski definition) is 2. The van der Waals surface area contributed by atoms with Crippen molar-refractivity contribution >= 4 is 17.3 Å². The third kappa shape index (κ3) is 1.85. The van der Waals surface area contributed by atoms with Gasteiger partial charge in [-0.15, -0.1) is 11.3 Å². The Morgan fingerprint density at radius 1 is 1.62 bits per heavy atom. The zero-order valence-corrected chi connectivity index (χ0v) is 10.1. The van der Waals surface area contributed by atoms with Gasteiger partial charge in [0.15, 0.2) is 0 Å². The molecule has 0 saturated heterocycles. The van der Waals surface area contributed by atoms with Crippen LogP contribution < -0.4 is 5.73 Å². The standard InChI is InChI=1S/C11H16N2O2S/c1-7-13-9(6-16-7)11(10(14)15)4-2-8(12)3-5-11/h6,8H,2-5,12H2,1H3,(H,14,15). The number of rotatable bonds is 2. The molecular formula is C11H16N2O2S. The first-order valence-electron chi connectivity index (χ1n) is 5.46. The van der Waals surface area contributed by atoms with Crippen LogP contribution in [0.4, 0.5) is 0 Å². The molecule has 88 valence electrons. The van der Waals surface area contributed by atoms with Gasteiger partial charge in [-0.25, -0.2) is 4.98 Å². The van der Waals surface area contributed by atoms with Gasteiger partial charge in [-0.1, -0.05) is 0 Å². The molecule has 0 atom stereocenters. The quantitative estimate of drug-likeness (QED) is 0.824. The van der Waals surface area contributed by atoms with Gasteiger partial charge >= 0.3 is 5.97 Å². The van der Waals surface area contributed by atoms with Gasteiger partial charge in [0.25, 0.3) is 0 Å². The Morgan fingerprint density at radius 2 is 2.25 bits per heavy atom. The summed E-state index contributed by atoms with van der Waals surface area (Å²) in [5.74, 6) is -0.760. The number of nitrogens with two attached hydrogens (primary N) is 1. The van der Waals surface area contributed by atoms with Crippen LogP contribution in [0.25, 0.3) is 0 Å². The lowest BCUT2D eigenvalue weighted by atomic mass is 9.71. The van der Waals surface area contributed by atoms with Crippen molar-refractivity contribution in [3.8, 4) is 0 Å². The van der Waals surface area contributed by atoms with Crippen molar-refractivity contribution in [2.75, 3.05) is 0 Å². The first kappa shape index (κ1) is 11.5. The largest absolute Gasteiger partial charge is 0.481 e. The van der Waals surface area contributed by atoms with Crippen LogP contribution in [0, 0.1) is 6.92 Å². The summed E-state index contributed by atoms with van der Waals surface area (Å²) in [5.41, 5.74) is 5.75. The molecule has 0 amide bonds. The molecule has 2 rings (SSSR count). The molecule has 1 saturated carbocycles. The predicted molar refractivity (Wildman–Crippen MR) is 62.6 cm³/mol. The first-order valence-corrected chi connectivity index (χ1v) is 6.34. The summed E-state index contributed by atoms with van der Waals surface area (Å²) in [5, 5.41) is 12.3. The van der Waals surface area contributed by atoms with Crippen LogP contribution in [0.5, 0.6) is 0 Å². The Morgan fingerprint density at radius 3 is 2.69 bits per heavy atom. The maximum atomic E-state index is 11.5. The van der Waals surface area contributed by atoms with Gasteiger partial charge in [-0.3, -0.25) is 4.79 Å². The predicted octanol–water partition coefficient (Wildman–Crippen LogP) is 1.68. The van der Waals surface area contributed by atoms with Crippen LogP contribution in [0.15, 0.2) is 5.38 Å². The van der Waals surface area contributed by atoms with Crippen LogP contribution in [0.3, 0.4) is 0 Å². The van der Waals surface area contributed by atoms with Crippen molar-refractivity contribution in [3.63, 3.8) is 0 Å².